The number of benzene rings is 1. The molecule has 1 atom stereocenters. The Balaban J connectivity index is 2.05. The van der Waals surface area contributed by atoms with Crippen molar-refractivity contribution in [3.8, 4) is 0 Å². The minimum atomic E-state index is -0.196. The highest BCUT2D eigenvalue weighted by atomic mass is 79.9. The first-order valence-corrected chi connectivity index (χ1v) is 6.37. The fourth-order valence-corrected chi connectivity index (χ4v) is 2.54. The van der Waals surface area contributed by atoms with E-state index in [0.717, 1.165) is 38.0 Å². The Bertz CT molecular complexity index is 370. The number of rotatable bonds is 2. The van der Waals surface area contributed by atoms with Gasteiger partial charge >= 0.3 is 0 Å². The zero-order valence-corrected chi connectivity index (χ0v) is 10.7. The van der Waals surface area contributed by atoms with E-state index in [9.17, 15) is 4.39 Å². The van der Waals surface area contributed by atoms with E-state index in [1.807, 2.05) is 6.07 Å². The number of nitrogens with two attached hydrogens (primary N) is 1. The molecular formula is C12H16BrFN2. The largest absolute Gasteiger partial charge is 0.327 e. The summed E-state index contributed by atoms with van der Waals surface area (Å²) in [6.45, 7) is 2.73. The molecule has 1 aromatic carbocycles. The first-order valence-electron chi connectivity index (χ1n) is 5.57. The van der Waals surface area contributed by atoms with Gasteiger partial charge in [0.2, 0.25) is 0 Å². The Labute approximate surface area is 104 Å². The molecule has 0 spiro atoms. The molecule has 1 aliphatic heterocycles. The summed E-state index contributed by atoms with van der Waals surface area (Å²) in [6.07, 6.45) is 2.23. The third kappa shape index (κ3) is 2.81. The van der Waals surface area contributed by atoms with Gasteiger partial charge in [0.25, 0.3) is 0 Å². The van der Waals surface area contributed by atoms with Crippen LogP contribution in [0.4, 0.5) is 4.39 Å². The summed E-state index contributed by atoms with van der Waals surface area (Å²) in [5.41, 5.74) is 6.91. The van der Waals surface area contributed by atoms with Gasteiger partial charge in [-0.2, -0.15) is 0 Å². The van der Waals surface area contributed by atoms with Crippen molar-refractivity contribution in [1.29, 1.82) is 0 Å². The minimum Gasteiger partial charge on any atom is -0.327 e. The van der Waals surface area contributed by atoms with E-state index < -0.39 is 0 Å². The molecule has 0 bridgehead atoms. The third-order valence-corrected chi connectivity index (χ3v) is 3.86. The molecule has 1 heterocycles. The summed E-state index contributed by atoms with van der Waals surface area (Å²) in [5.74, 6) is -0.196. The van der Waals surface area contributed by atoms with Crippen LogP contribution in [0.3, 0.4) is 0 Å². The zero-order valence-electron chi connectivity index (χ0n) is 9.13. The third-order valence-electron chi connectivity index (χ3n) is 2.97. The molecule has 1 fully saturated rings. The lowest BCUT2D eigenvalue weighted by atomic mass is 10.1. The van der Waals surface area contributed by atoms with E-state index >= 15 is 0 Å². The molecule has 1 aliphatic rings. The standard InChI is InChI=1S/C12H16BrFN2/c13-12-9(3-1-5-11(12)14)7-16-6-2-4-10(15)8-16/h1,3,5,10H,2,4,6-8,15H2/t10-/m1/s1. The van der Waals surface area contributed by atoms with Crippen molar-refractivity contribution in [1.82, 2.24) is 4.90 Å². The van der Waals surface area contributed by atoms with Crippen LogP contribution in [-0.2, 0) is 6.54 Å². The second-order valence-electron chi connectivity index (χ2n) is 4.35. The quantitative estimate of drug-likeness (QED) is 0.905. The van der Waals surface area contributed by atoms with Gasteiger partial charge < -0.3 is 5.73 Å². The van der Waals surface area contributed by atoms with Crippen molar-refractivity contribution in [2.45, 2.75) is 25.4 Å². The van der Waals surface area contributed by atoms with E-state index in [1.165, 1.54) is 6.07 Å². The first kappa shape index (κ1) is 12.0. The Kier molecular flexibility index (Phi) is 3.95. The average Bonchev–Trinajstić information content (AvgIpc) is 2.25. The lowest BCUT2D eigenvalue weighted by Crippen LogP contribution is -2.42. The van der Waals surface area contributed by atoms with Crippen LogP contribution in [0.5, 0.6) is 0 Å². The predicted octanol–water partition coefficient (Wildman–Crippen LogP) is 2.51. The molecule has 16 heavy (non-hydrogen) atoms. The fraction of sp³-hybridized carbons (Fsp3) is 0.500. The number of likely N-dealkylation sites (tertiary alicyclic amines) is 1. The van der Waals surface area contributed by atoms with Gasteiger partial charge in [-0.25, -0.2) is 4.39 Å². The number of nitrogens with zero attached hydrogens (tertiary/aromatic N) is 1. The molecule has 0 aromatic heterocycles. The SMILES string of the molecule is N[C@@H]1CCCN(Cc2cccc(F)c2Br)C1. The summed E-state index contributed by atoms with van der Waals surface area (Å²) in [6, 6.07) is 5.43. The smallest absolute Gasteiger partial charge is 0.137 e. The maximum absolute atomic E-state index is 13.3. The minimum absolute atomic E-state index is 0.196. The molecule has 2 N–H and O–H groups in total. The summed E-state index contributed by atoms with van der Waals surface area (Å²) >= 11 is 3.29. The number of hydrogen-bond donors (Lipinski definition) is 1. The number of halogens is 2. The second-order valence-corrected chi connectivity index (χ2v) is 5.14. The lowest BCUT2D eigenvalue weighted by Gasteiger charge is -2.30. The molecule has 2 nitrogen and oxygen atoms in total. The van der Waals surface area contributed by atoms with Crippen molar-refractivity contribution >= 4 is 15.9 Å². The highest BCUT2D eigenvalue weighted by molar-refractivity contribution is 9.10. The van der Waals surface area contributed by atoms with Crippen molar-refractivity contribution in [3.05, 3.63) is 34.1 Å². The zero-order chi connectivity index (χ0) is 11.5. The van der Waals surface area contributed by atoms with E-state index in [4.69, 9.17) is 5.73 Å². The maximum Gasteiger partial charge on any atom is 0.137 e. The molecule has 0 aliphatic carbocycles. The molecule has 0 saturated carbocycles. The predicted molar refractivity (Wildman–Crippen MR) is 66.6 cm³/mol. The van der Waals surface area contributed by atoms with Gasteiger partial charge in [0, 0.05) is 19.1 Å². The monoisotopic (exact) mass is 286 g/mol. The summed E-state index contributed by atoms with van der Waals surface area (Å²) in [7, 11) is 0. The van der Waals surface area contributed by atoms with Gasteiger partial charge in [-0.3, -0.25) is 4.90 Å². The van der Waals surface area contributed by atoms with Crippen LogP contribution in [0.1, 0.15) is 18.4 Å². The van der Waals surface area contributed by atoms with E-state index in [2.05, 4.69) is 20.8 Å². The fourth-order valence-electron chi connectivity index (χ4n) is 2.15. The van der Waals surface area contributed by atoms with Gasteiger partial charge in [-0.05, 0) is 46.9 Å². The van der Waals surface area contributed by atoms with Gasteiger partial charge in [0.1, 0.15) is 5.82 Å². The van der Waals surface area contributed by atoms with Crippen LogP contribution >= 0.6 is 15.9 Å². The summed E-state index contributed by atoms with van der Waals surface area (Å²) in [4.78, 5) is 2.29. The maximum atomic E-state index is 13.3. The summed E-state index contributed by atoms with van der Waals surface area (Å²) < 4.78 is 13.9. The van der Waals surface area contributed by atoms with Gasteiger partial charge in [0.15, 0.2) is 0 Å². The van der Waals surface area contributed by atoms with E-state index in [0.29, 0.717) is 4.47 Å². The topological polar surface area (TPSA) is 29.3 Å². The van der Waals surface area contributed by atoms with Gasteiger partial charge in [0.05, 0.1) is 4.47 Å². The molecule has 0 radical (unpaired) electrons. The van der Waals surface area contributed by atoms with Crippen LogP contribution in [0, 0.1) is 5.82 Å². The van der Waals surface area contributed by atoms with Crippen molar-refractivity contribution in [2.75, 3.05) is 13.1 Å². The summed E-state index contributed by atoms with van der Waals surface area (Å²) in [5, 5.41) is 0. The van der Waals surface area contributed by atoms with Crippen molar-refractivity contribution < 1.29 is 4.39 Å². The Morgan fingerprint density at radius 2 is 2.31 bits per heavy atom. The molecule has 1 aromatic rings. The lowest BCUT2D eigenvalue weighted by molar-refractivity contribution is 0.201. The van der Waals surface area contributed by atoms with Crippen LogP contribution in [-0.4, -0.2) is 24.0 Å². The molecule has 88 valence electrons. The second kappa shape index (κ2) is 5.25. The Morgan fingerprint density at radius 3 is 3.06 bits per heavy atom. The molecule has 0 amide bonds. The highest BCUT2D eigenvalue weighted by Gasteiger charge is 2.17. The molecule has 4 heteroatoms. The molecule has 0 unspecified atom stereocenters. The normalized spacial score (nSPS) is 22.3. The first-order chi connectivity index (χ1) is 7.66. The Hall–Kier alpha value is -0.450. The van der Waals surface area contributed by atoms with Gasteiger partial charge in [-0.15, -0.1) is 0 Å². The average molecular weight is 287 g/mol. The Morgan fingerprint density at radius 1 is 1.50 bits per heavy atom. The number of piperidine rings is 1. The molecule has 2 rings (SSSR count). The van der Waals surface area contributed by atoms with Crippen LogP contribution in [0.15, 0.2) is 22.7 Å². The highest BCUT2D eigenvalue weighted by Crippen LogP contribution is 2.22. The van der Waals surface area contributed by atoms with Crippen LogP contribution in [0.25, 0.3) is 0 Å². The van der Waals surface area contributed by atoms with Crippen LogP contribution in [0.2, 0.25) is 0 Å². The van der Waals surface area contributed by atoms with Crippen molar-refractivity contribution in [3.63, 3.8) is 0 Å². The number of hydrogen-bond acceptors (Lipinski definition) is 2. The van der Waals surface area contributed by atoms with Crippen LogP contribution < -0.4 is 5.73 Å². The van der Waals surface area contributed by atoms with Gasteiger partial charge in [-0.1, -0.05) is 12.1 Å². The van der Waals surface area contributed by atoms with E-state index in [-0.39, 0.29) is 11.9 Å². The van der Waals surface area contributed by atoms with E-state index in [1.54, 1.807) is 6.07 Å². The molecular weight excluding hydrogens is 271 g/mol. The van der Waals surface area contributed by atoms with Crippen molar-refractivity contribution in [2.24, 2.45) is 5.73 Å². The molecule has 1 saturated heterocycles.